The minimum atomic E-state index is 0.296. The first-order valence-corrected chi connectivity index (χ1v) is 9.48. The van der Waals surface area contributed by atoms with Crippen molar-refractivity contribution < 1.29 is 0 Å². The van der Waals surface area contributed by atoms with E-state index in [2.05, 4.69) is 47.9 Å². The monoisotopic (exact) mass is 350 g/mol. The molecule has 3 rings (SSSR count). The molecular formula is C20H22N4S. The minimum absolute atomic E-state index is 0.296. The molecule has 5 heteroatoms. The maximum atomic E-state index is 4.71. The van der Waals surface area contributed by atoms with Crippen LogP contribution in [-0.2, 0) is 0 Å². The molecule has 0 amide bonds. The zero-order valence-electron chi connectivity index (χ0n) is 14.7. The number of anilines is 3. The fourth-order valence-corrected chi connectivity index (χ4v) is 2.90. The highest BCUT2D eigenvalue weighted by Gasteiger charge is 2.09. The number of hydrogen-bond donors (Lipinski definition) is 2. The average Bonchev–Trinajstić information content (AvgIpc) is 2.62. The highest BCUT2D eigenvalue weighted by atomic mass is 32.2. The fourth-order valence-electron chi connectivity index (χ4n) is 2.44. The van der Waals surface area contributed by atoms with Crippen molar-refractivity contribution in [1.82, 2.24) is 9.97 Å². The Bertz CT molecular complexity index is 834. The van der Waals surface area contributed by atoms with Gasteiger partial charge in [0.1, 0.15) is 11.6 Å². The molecule has 0 saturated carbocycles. The lowest BCUT2D eigenvalue weighted by atomic mass is 10.2. The van der Waals surface area contributed by atoms with E-state index in [1.165, 1.54) is 4.90 Å². The molecule has 0 aliphatic heterocycles. The molecule has 2 aromatic carbocycles. The standard InChI is InChI=1S/C20H22N4S/c1-14(2)21-18-13-19(22-16-9-5-4-6-10-16)24-20(23-18)15-8-7-11-17(12-15)25-3/h4-14H,1-3H3,(H2,21,22,23,24). The molecule has 0 aliphatic rings. The number of rotatable bonds is 6. The first-order valence-electron chi connectivity index (χ1n) is 8.26. The lowest BCUT2D eigenvalue weighted by Gasteiger charge is -2.13. The Morgan fingerprint density at radius 2 is 1.64 bits per heavy atom. The van der Waals surface area contributed by atoms with Crippen molar-refractivity contribution in [3.63, 3.8) is 0 Å². The van der Waals surface area contributed by atoms with Crippen LogP contribution in [0.3, 0.4) is 0 Å². The number of hydrogen-bond acceptors (Lipinski definition) is 5. The van der Waals surface area contributed by atoms with Gasteiger partial charge in [-0.05, 0) is 44.4 Å². The number of nitrogens with zero attached hydrogens (tertiary/aromatic N) is 2. The maximum absolute atomic E-state index is 4.71. The number of thioether (sulfide) groups is 1. The van der Waals surface area contributed by atoms with Crippen molar-refractivity contribution in [2.45, 2.75) is 24.8 Å². The summed E-state index contributed by atoms with van der Waals surface area (Å²) in [5, 5.41) is 6.73. The molecule has 0 aliphatic carbocycles. The maximum Gasteiger partial charge on any atom is 0.163 e. The summed E-state index contributed by atoms with van der Waals surface area (Å²) in [7, 11) is 0. The summed E-state index contributed by atoms with van der Waals surface area (Å²) in [5.41, 5.74) is 2.01. The molecule has 0 saturated heterocycles. The molecule has 25 heavy (non-hydrogen) atoms. The molecule has 1 aromatic heterocycles. The number of benzene rings is 2. The Balaban J connectivity index is 2.00. The van der Waals surface area contributed by atoms with E-state index in [0.717, 1.165) is 22.9 Å². The van der Waals surface area contributed by atoms with Gasteiger partial charge in [0.2, 0.25) is 0 Å². The zero-order valence-corrected chi connectivity index (χ0v) is 15.5. The van der Waals surface area contributed by atoms with E-state index < -0.39 is 0 Å². The van der Waals surface area contributed by atoms with Gasteiger partial charge in [-0.1, -0.05) is 30.3 Å². The predicted molar refractivity (Wildman–Crippen MR) is 108 cm³/mol. The highest BCUT2D eigenvalue weighted by molar-refractivity contribution is 7.98. The Labute approximate surface area is 153 Å². The predicted octanol–water partition coefficient (Wildman–Crippen LogP) is 5.43. The van der Waals surface area contributed by atoms with Gasteiger partial charge in [0.25, 0.3) is 0 Å². The molecule has 2 N–H and O–H groups in total. The summed E-state index contributed by atoms with van der Waals surface area (Å²) in [6.07, 6.45) is 2.07. The summed E-state index contributed by atoms with van der Waals surface area (Å²) < 4.78 is 0. The second-order valence-corrected chi connectivity index (χ2v) is 6.86. The summed E-state index contributed by atoms with van der Waals surface area (Å²) >= 11 is 1.71. The van der Waals surface area contributed by atoms with Gasteiger partial charge in [0.15, 0.2) is 5.82 Å². The van der Waals surface area contributed by atoms with Gasteiger partial charge in [-0.2, -0.15) is 0 Å². The summed E-state index contributed by atoms with van der Waals surface area (Å²) in [6, 6.07) is 20.6. The normalized spacial score (nSPS) is 10.7. The first-order chi connectivity index (χ1) is 12.1. The van der Waals surface area contributed by atoms with Gasteiger partial charge < -0.3 is 10.6 Å². The van der Waals surface area contributed by atoms with E-state index in [0.29, 0.717) is 11.9 Å². The van der Waals surface area contributed by atoms with Crippen LogP contribution in [0, 0.1) is 0 Å². The van der Waals surface area contributed by atoms with Crippen molar-refractivity contribution in [3.8, 4) is 11.4 Å². The summed E-state index contributed by atoms with van der Waals surface area (Å²) in [6.45, 7) is 4.20. The molecule has 0 bridgehead atoms. The molecule has 0 radical (unpaired) electrons. The second kappa shape index (κ2) is 8.03. The van der Waals surface area contributed by atoms with E-state index in [1.54, 1.807) is 11.8 Å². The van der Waals surface area contributed by atoms with Crippen LogP contribution in [0.2, 0.25) is 0 Å². The number of nitrogens with one attached hydrogen (secondary N) is 2. The van der Waals surface area contributed by atoms with Crippen molar-refractivity contribution in [1.29, 1.82) is 0 Å². The topological polar surface area (TPSA) is 49.8 Å². The lowest BCUT2D eigenvalue weighted by Crippen LogP contribution is -2.12. The third-order valence-electron chi connectivity index (χ3n) is 3.54. The Kier molecular flexibility index (Phi) is 5.56. The molecule has 0 fully saturated rings. The van der Waals surface area contributed by atoms with Gasteiger partial charge >= 0.3 is 0 Å². The molecule has 4 nitrogen and oxygen atoms in total. The van der Waals surface area contributed by atoms with Crippen LogP contribution in [0.4, 0.5) is 17.3 Å². The van der Waals surface area contributed by atoms with E-state index in [-0.39, 0.29) is 0 Å². The Morgan fingerprint density at radius 3 is 2.36 bits per heavy atom. The van der Waals surface area contributed by atoms with Gasteiger partial charge in [0.05, 0.1) is 0 Å². The van der Waals surface area contributed by atoms with Crippen molar-refractivity contribution in [2.75, 3.05) is 16.9 Å². The van der Waals surface area contributed by atoms with Crippen LogP contribution in [0.5, 0.6) is 0 Å². The third-order valence-corrected chi connectivity index (χ3v) is 4.26. The Morgan fingerprint density at radius 1 is 0.880 bits per heavy atom. The van der Waals surface area contributed by atoms with Crippen molar-refractivity contribution in [3.05, 3.63) is 60.7 Å². The molecule has 3 aromatic rings. The van der Waals surface area contributed by atoms with Crippen molar-refractivity contribution in [2.24, 2.45) is 0 Å². The molecule has 0 spiro atoms. The summed E-state index contributed by atoms with van der Waals surface area (Å²) in [4.78, 5) is 10.6. The minimum Gasteiger partial charge on any atom is -0.368 e. The zero-order chi connectivity index (χ0) is 17.6. The van der Waals surface area contributed by atoms with Crippen LogP contribution >= 0.6 is 11.8 Å². The fraction of sp³-hybridized carbons (Fsp3) is 0.200. The lowest BCUT2D eigenvalue weighted by molar-refractivity contribution is 0.887. The van der Waals surface area contributed by atoms with Crippen LogP contribution in [-0.4, -0.2) is 22.3 Å². The quantitative estimate of drug-likeness (QED) is 0.581. The first kappa shape index (κ1) is 17.3. The van der Waals surface area contributed by atoms with E-state index >= 15 is 0 Å². The van der Waals surface area contributed by atoms with Gasteiger partial charge in [-0.25, -0.2) is 9.97 Å². The van der Waals surface area contributed by atoms with Crippen molar-refractivity contribution >= 4 is 29.1 Å². The molecular weight excluding hydrogens is 328 g/mol. The average molecular weight is 350 g/mol. The van der Waals surface area contributed by atoms with Crippen LogP contribution in [0.15, 0.2) is 65.6 Å². The molecule has 128 valence electrons. The highest BCUT2D eigenvalue weighted by Crippen LogP contribution is 2.26. The largest absolute Gasteiger partial charge is 0.368 e. The summed E-state index contributed by atoms with van der Waals surface area (Å²) in [5.74, 6) is 2.29. The molecule has 0 unspecified atom stereocenters. The van der Waals surface area contributed by atoms with Gasteiger partial charge in [-0.3, -0.25) is 0 Å². The van der Waals surface area contributed by atoms with Gasteiger partial charge in [0, 0.05) is 28.3 Å². The second-order valence-electron chi connectivity index (χ2n) is 5.98. The third kappa shape index (κ3) is 4.73. The molecule has 1 heterocycles. The number of aromatic nitrogens is 2. The number of para-hydroxylation sites is 1. The smallest absolute Gasteiger partial charge is 0.163 e. The Hall–Kier alpha value is -2.53. The van der Waals surface area contributed by atoms with Gasteiger partial charge in [-0.15, -0.1) is 11.8 Å². The van der Waals surface area contributed by atoms with E-state index in [9.17, 15) is 0 Å². The van der Waals surface area contributed by atoms with E-state index in [1.807, 2.05) is 48.5 Å². The molecule has 0 atom stereocenters. The van der Waals surface area contributed by atoms with Crippen LogP contribution in [0.25, 0.3) is 11.4 Å². The van der Waals surface area contributed by atoms with Crippen LogP contribution < -0.4 is 10.6 Å². The van der Waals surface area contributed by atoms with Crippen LogP contribution in [0.1, 0.15) is 13.8 Å². The SMILES string of the molecule is CSc1cccc(-c2nc(Nc3ccccc3)cc(NC(C)C)n2)c1. The van der Waals surface area contributed by atoms with E-state index in [4.69, 9.17) is 4.98 Å².